The first kappa shape index (κ1) is 19.1. The van der Waals surface area contributed by atoms with Gasteiger partial charge in [-0.15, -0.1) is 0 Å². The zero-order valence-corrected chi connectivity index (χ0v) is 16.1. The van der Waals surface area contributed by atoms with Gasteiger partial charge >= 0.3 is 0 Å². The number of rotatable bonds is 6. The lowest BCUT2D eigenvalue weighted by Crippen LogP contribution is -2.37. The maximum atomic E-state index is 12.4. The molecule has 1 aliphatic rings. The lowest BCUT2D eigenvalue weighted by atomic mass is 10.2. The highest BCUT2D eigenvalue weighted by atomic mass is 32.2. The summed E-state index contributed by atoms with van der Waals surface area (Å²) >= 11 is 0. The zero-order valence-electron chi connectivity index (χ0n) is 15.3. The molecule has 27 heavy (non-hydrogen) atoms. The van der Waals surface area contributed by atoms with Crippen LogP contribution in [-0.4, -0.2) is 55.5 Å². The number of benzene rings is 1. The van der Waals surface area contributed by atoms with Crippen LogP contribution in [0.5, 0.6) is 5.75 Å². The average molecular weight is 390 g/mol. The predicted octanol–water partition coefficient (Wildman–Crippen LogP) is 1.75. The second-order valence-electron chi connectivity index (χ2n) is 6.27. The van der Waals surface area contributed by atoms with Crippen molar-refractivity contribution in [2.24, 2.45) is 0 Å². The van der Waals surface area contributed by atoms with Gasteiger partial charge in [0.1, 0.15) is 5.75 Å². The van der Waals surface area contributed by atoms with Crippen LogP contribution in [0.3, 0.4) is 0 Å². The van der Waals surface area contributed by atoms with E-state index in [1.165, 1.54) is 19.5 Å². The van der Waals surface area contributed by atoms with E-state index in [9.17, 15) is 13.2 Å². The van der Waals surface area contributed by atoms with Crippen LogP contribution in [0.2, 0.25) is 0 Å². The fourth-order valence-electron chi connectivity index (χ4n) is 3.11. The summed E-state index contributed by atoms with van der Waals surface area (Å²) in [6.07, 6.45) is 3.45. The first-order valence-electron chi connectivity index (χ1n) is 8.67. The molecule has 1 aliphatic heterocycles. The molecular weight excluding hydrogens is 368 g/mol. The van der Waals surface area contributed by atoms with Crippen molar-refractivity contribution in [2.45, 2.75) is 19.4 Å². The third-order valence-electron chi connectivity index (χ3n) is 4.50. The number of ether oxygens (including phenoxy) is 1. The second kappa shape index (κ2) is 7.91. The van der Waals surface area contributed by atoms with E-state index < -0.39 is 9.84 Å². The molecule has 1 saturated heterocycles. The fourth-order valence-corrected chi connectivity index (χ4v) is 4.84. The zero-order chi connectivity index (χ0) is 19.4. The largest absolute Gasteiger partial charge is 0.495 e. The molecule has 1 amide bonds. The standard InChI is InChI=1S/C18H22N4O4S/c1-3-22(14-8-9-27(24,25)12-14)18-19-10-13(11-20-18)17(23)21-15-6-4-5-7-16(15)26-2/h4-7,10-11,14H,3,8-9,12H2,1-2H3,(H,21,23). The van der Waals surface area contributed by atoms with Gasteiger partial charge in [0.05, 0.1) is 29.9 Å². The first-order valence-corrected chi connectivity index (χ1v) is 10.5. The minimum Gasteiger partial charge on any atom is -0.495 e. The summed E-state index contributed by atoms with van der Waals surface area (Å²) in [6.45, 7) is 2.52. The van der Waals surface area contributed by atoms with Crippen molar-refractivity contribution in [2.75, 3.05) is 35.4 Å². The summed E-state index contributed by atoms with van der Waals surface area (Å²) in [5.41, 5.74) is 0.861. The highest BCUT2D eigenvalue weighted by Gasteiger charge is 2.32. The monoisotopic (exact) mass is 390 g/mol. The Bertz CT molecular complexity index is 915. The van der Waals surface area contributed by atoms with E-state index in [2.05, 4.69) is 15.3 Å². The predicted molar refractivity (Wildman–Crippen MR) is 103 cm³/mol. The number of carbonyl (C=O) groups is 1. The molecule has 0 aliphatic carbocycles. The van der Waals surface area contributed by atoms with Crippen molar-refractivity contribution in [3.63, 3.8) is 0 Å². The molecule has 2 heterocycles. The topological polar surface area (TPSA) is 101 Å². The van der Waals surface area contributed by atoms with Gasteiger partial charge in [0.15, 0.2) is 9.84 Å². The van der Waals surface area contributed by atoms with Crippen molar-refractivity contribution >= 4 is 27.4 Å². The summed E-state index contributed by atoms with van der Waals surface area (Å²) in [6, 6.07) is 6.98. The summed E-state index contributed by atoms with van der Waals surface area (Å²) in [5.74, 6) is 0.933. The Morgan fingerprint density at radius 2 is 2.00 bits per heavy atom. The number of nitrogens with one attached hydrogen (secondary N) is 1. The van der Waals surface area contributed by atoms with E-state index in [4.69, 9.17) is 4.74 Å². The van der Waals surface area contributed by atoms with Crippen LogP contribution in [-0.2, 0) is 9.84 Å². The van der Waals surface area contributed by atoms with E-state index in [0.717, 1.165) is 0 Å². The molecule has 8 nitrogen and oxygen atoms in total. The summed E-state index contributed by atoms with van der Waals surface area (Å²) in [7, 11) is -1.46. The van der Waals surface area contributed by atoms with Crippen molar-refractivity contribution in [3.8, 4) is 5.75 Å². The SMILES string of the molecule is CCN(c1ncc(C(=O)Nc2ccccc2OC)cn1)C1CCS(=O)(=O)C1. The molecule has 1 atom stereocenters. The Balaban J connectivity index is 1.73. The molecule has 2 aromatic rings. The van der Waals surface area contributed by atoms with Crippen LogP contribution in [0, 0.1) is 0 Å². The molecule has 0 bridgehead atoms. The van der Waals surface area contributed by atoms with E-state index in [1.807, 2.05) is 17.9 Å². The highest BCUT2D eigenvalue weighted by Crippen LogP contribution is 2.24. The minimum absolute atomic E-state index is 0.111. The maximum Gasteiger partial charge on any atom is 0.258 e. The minimum atomic E-state index is -2.99. The van der Waals surface area contributed by atoms with Gasteiger partial charge in [-0.3, -0.25) is 4.79 Å². The van der Waals surface area contributed by atoms with Crippen molar-refractivity contribution in [3.05, 3.63) is 42.2 Å². The van der Waals surface area contributed by atoms with Crippen LogP contribution >= 0.6 is 0 Å². The summed E-state index contributed by atoms with van der Waals surface area (Å²) in [5, 5.41) is 2.77. The van der Waals surface area contributed by atoms with E-state index in [0.29, 0.717) is 35.9 Å². The molecule has 1 aromatic heterocycles. The Kier molecular flexibility index (Phi) is 5.59. The van der Waals surface area contributed by atoms with Gasteiger partial charge in [-0.2, -0.15) is 0 Å². The normalized spacial score (nSPS) is 18.1. The van der Waals surface area contributed by atoms with Gasteiger partial charge in [-0.25, -0.2) is 18.4 Å². The summed E-state index contributed by atoms with van der Waals surface area (Å²) < 4.78 is 28.7. The van der Waals surface area contributed by atoms with Crippen LogP contribution < -0.4 is 15.0 Å². The van der Waals surface area contributed by atoms with Gasteiger partial charge in [-0.05, 0) is 25.5 Å². The number of anilines is 2. The number of sulfone groups is 1. The highest BCUT2D eigenvalue weighted by molar-refractivity contribution is 7.91. The summed E-state index contributed by atoms with van der Waals surface area (Å²) in [4.78, 5) is 22.9. The number of para-hydroxylation sites is 2. The molecule has 144 valence electrons. The van der Waals surface area contributed by atoms with Gasteiger partial charge in [0.2, 0.25) is 5.95 Å². The van der Waals surface area contributed by atoms with E-state index >= 15 is 0 Å². The molecule has 0 saturated carbocycles. The molecule has 1 unspecified atom stereocenters. The molecule has 1 aromatic carbocycles. The fraction of sp³-hybridized carbons (Fsp3) is 0.389. The Morgan fingerprint density at radius 1 is 1.30 bits per heavy atom. The molecule has 9 heteroatoms. The second-order valence-corrected chi connectivity index (χ2v) is 8.50. The van der Waals surface area contributed by atoms with Crippen LogP contribution in [0.25, 0.3) is 0 Å². The lowest BCUT2D eigenvalue weighted by Gasteiger charge is -2.26. The number of aromatic nitrogens is 2. The van der Waals surface area contributed by atoms with Crippen molar-refractivity contribution in [1.82, 2.24) is 9.97 Å². The number of amides is 1. The van der Waals surface area contributed by atoms with Crippen LogP contribution in [0.4, 0.5) is 11.6 Å². The number of nitrogens with zero attached hydrogens (tertiary/aromatic N) is 3. The molecule has 1 fully saturated rings. The molecule has 0 spiro atoms. The number of hydrogen-bond donors (Lipinski definition) is 1. The molecule has 0 radical (unpaired) electrons. The van der Waals surface area contributed by atoms with Crippen LogP contribution in [0.15, 0.2) is 36.7 Å². The smallest absolute Gasteiger partial charge is 0.258 e. The van der Waals surface area contributed by atoms with Crippen molar-refractivity contribution < 1.29 is 17.9 Å². The number of carbonyl (C=O) groups excluding carboxylic acids is 1. The Labute approximate surface area is 158 Å². The molecule has 3 rings (SSSR count). The Morgan fingerprint density at radius 3 is 2.59 bits per heavy atom. The first-order chi connectivity index (χ1) is 12.9. The Hall–Kier alpha value is -2.68. The lowest BCUT2D eigenvalue weighted by molar-refractivity contribution is 0.102. The van der Waals surface area contributed by atoms with E-state index in [1.54, 1.807) is 18.2 Å². The molecule has 1 N–H and O–H groups in total. The quantitative estimate of drug-likeness (QED) is 0.802. The third-order valence-corrected chi connectivity index (χ3v) is 6.25. The van der Waals surface area contributed by atoms with Gasteiger partial charge in [0.25, 0.3) is 5.91 Å². The number of methoxy groups -OCH3 is 1. The maximum absolute atomic E-state index is 12.4. The van der Waals surface area contributed by atoms with Gasteiger partial charge in [-0.1, -0.05) is 12.1 Å². The number of hydrogen-bond acceptors (Lipinski definition) is 7. The van der Waals surface area contributed by atoms with Crippen molar-refractivity contribution in [1.29, 1.82) is 0 Å². The van der Waals surface area contributed by atoms with Crippen LogP contribution in [0.1, 0.15) is 23.7 Å². The molecular formula is C18H22N4O4S. The van der Waals surface area contributed by atoms with E-state index in [-0.39, 0.29) is 23.5 Å². The average Bonchev–Trinajstić information content (AvgIpc) is 3.03. The van der Waals surface area contributed by atoms with Gasteiger partial charge < -0.3 is 15.0 Å². The van der Waals surface area contributed by atoms with Gasteiger partial charge in [0, 0.05) is 25.0 Å². The third kappa shape index (κ3) is 4.36.